The van der Waals surface area contributed by atoms with Gasteiger partial charge < -0.3 is 15.3 Å². The second-order valence-electron chi connectivity index (χ2n) is 5.03. The number of hydrogen-bond donors (Lipinski definition) is 2. The van der Waals surface area contributed by atoms with E-state index >= 15 is 0 Å². The van der Waals surface area contributed by atoms with E-state index in [2.05, 4.69) is 36.4 Å². The molecule has 0 saturated carbocycles. The fourth-order valence-corrected chi connectivity index (χ4v) is 2.23. The third-order valence-corrected chi connectivity index (χ3v) is 3.30. The van der Waals surface area contributed by atoms with E-state index in [1.165, 1.54) is 5.56 Å². The molecule has 0 spiro atoms. The van der Waals surface area contributed by atoms with E-state index < -0.39 is 0 Å². The number of phenolic OH excluding ortho intramolecular Hbond substituents is 1. The van der Waals surface area contributed by atoms with Gasteiger partial charge in [-0.3, -0.25) is 0 Å². The minimum absolute atomic E-state index is 0.114. The Hall–Kier alpha value is -1.71. The predicted molar refractivity (Wildman–Crippen MR) is 84.3 cm³/mol. The first-order valence-electron chi connectivity index (χ1n) is 6.50. The fraction of sp³-hybridized carbons (Fsp3) is 0.250. The van der Waals surface area contributed by atoms with Crippen molar-refractivity contribution < 1.29 is 5.11 Å². The van der Waals surface area contributed by atoms with Crippen LogP contribution >= 0.6 is 11.6 Å². The van der Waals surface area contributed by atoms with E-state index in [0.717, 1.165) is 17.8 Å². The zero-order chi connectivity index (χ0) is 14.5. The first-order chi connectivity index (χ1) is 9.56. The Balaban J connectivity index is 2.08. The first-order valence-corrected chi connectivity index (χ1v) is 6.88. The highest BCUT2D eigenvalue weighted by molar-refractivity contribution is 6.32. The maximum atomic E-state index is 9.41. The van der Waals surface area contributed by atoms with Crippen LogP contribution in [0.1, 0.15) is 11.1 Å². The molecule has 0 atom stereocenters. The molecule has 2 aromatic rings. The number of para-hydroxylation sites is 1. The van der Waals surface area contributed by atoms with Crippen LogP contribution in [0.25, 0.3) is 0 Å². The van der Waals surface area contributed by atoms with Crippen LogP contribution in [0.3, 0.4) is 0 Å². The van der Waals surface area contributed by atoms with Gasteiger partial charge in [0.25, 0.3) is 0 Å². The number of anilines is 1. The molecule has 0 amide bonds. The van der Waals surface area contributed by atoms with Gasteiger partial charge >= 0.3 is 0 Å². The number of hydrogen-bond acceptors (Lipinski definition) is 3. The maximum Gasteiger partial charge on any atom is 0.134 e. The second kappa shape index (κ2) is 6.64. The van der Waals surface area contributed by atoms with Crippen LogP contribution < -0.4 is 5.32 Å². The van der Waals surface area contributed by atoms with Crippen LogP contribution in [0.15, 0.2) is 42.5 Å². The number of phenols is 1. The Kier molecular flexibility index (Phi) is 4.88. The van der Waals surface area contributed by atoms with Gasteiger partial charge in [-0.2, -0.15) is 0 Å². The molecule has 0 aliphatic heterocycles. The van der Waals surface area contributed by atoms with Gasteiger partial charge in [-0.1, -0.05) is 35.9 Å². The molecule has 0 fully saturated rings. The highest BCUT2D eigenvalue weighted by Crippen LogP contribution is 2.24. The standard InChI is InChI=1S/C16H19ClN2O/c1-19(2)11-13-5-3-4-6-15(13)18-10-12-7-8-16(20)14(17)9-12/h3-9,18,20H,10-11H2,1-2H3. The molecule has 0 heterocycles. The van der Waals surface area contributed by atoms with Crippen LogP contribution in [-0.2, 0) is 13.1 Å². The summed E-state index contributed by atoms with van der Waals surface area (Å²) < 4.78 is 0. The van der Waals surface area contributed by atoms with E-state index in [1.807, 2.05) is 18.2 Å². The van der Waals surface area contributed by atoms with Crippen molar-refractivity contribution in [3.8, 4) is 5.75 Å². The summed E-state index contributed by atoms with van der Waals surface area (Å²) in [5.74, 6) is 0.114. The van der Waals surface area contributed by atoms with Crippen molar-refractivity contribution in [2.24, 2.45) is 0 Å². The molecule has 0 aliphatic carbocycles. The van der Waals surface area contributed by atoms with Gasteiger partial charge in [0, 0.05) is 18.8 Å². The third kappa shape index (κ3) is 3.89. The molecule has 0 unspecified atom stereocenters. The van der Waals surface area contributed by atoms with Gasteiger partial charge in [-0.15, -0.1) is 0 Å². The molecule has 2 rings (SSSR count). The number of benzene rings is 2. The molecule has 0 aromatic heterocycles. The predicted octanol–water partition coefficient (Wildman–Crippen LogP) is 3.72. The number of halogens is 1. The lowest BCUT2D eigenvalue weighted by molar-refractivity contribution is 0.403. The normalized spacial score (nSPS) is 10.8. The molecule has 2 N–H and O–H groups in total. The smallest absolute Gasteiger partial charge is 0.134 e. The summed E-state index contributed by atoms with van der Waals surface area (Å²) >= 11 is 5.91. The van der Waals surface area contributed by atoms with Gasteiger partial charge in [0.2, 0.25) is 0 Å². The van der Waals surface area contributed by atoms with E-state index in [9.17, 15) is 5.11 Å². The molecule has 0 saturated heterocycles. The van der Waals surface area contributed by atoms with Crippen LogP contribution in [-0.4, -0.2) is 24.1 Å². The van der Waals surface area contributed by atoms with E-state index in [1.54, 1.807) is 12.1 Å². The highest BCUT2D eigenvalue weighted by Gasteiger charge is 2.04. The van der Waals surface area contributed by atoms with Gasteiger partial charge in [-0.25, -0.2) is 0 Å². The Bertz CT molecular complexity index is 584. The van der Waals surface area contributed by atoms with Crippen molar-refractivity contribution >= 4 is 17.3 Å². The SMILES string of the molecule is CN(C)Cc1ccccc1NCc1ccc(O)c(Cl)c1. The van der Waals surface area contributed by atoms with Crippen molar-refractivity contribution in [1.82, 2.24) is 4.90 Å². The van der Waals surface area contributed by atoms with Crippen molar-refractivity contribution in [2.45, 2.75) is 13.1 Å². The average molecular weight is 291 g/mol. The molecule has 2 aromatic carbocycles. The van der Waals surface area contributed by atoms with Gasteiger partial charge in [0.1, 0.15) is 5.75 Å². The molecule has 4 heteroatoms. The Morgan fingerprint density at radius 1 is 1.15 bits per heavy atom. The zero-order valence-corrected chi connectivity index (χ0v) is 12.5. The van der Waals surface area contributed by atoms with Crippen molar-refractivity contribution in [3.05, 3.63) is 58.6 Å². The summed E-state index contributed by atoms with van der Waals surface area (Å²) in [7, 11) is 4.10. The lowest BCUT2D eigenvalue weighted by atomic mass is 10.1. The summed E-state index contributed by atoms with van der Waals surface area (Å²) in [6.07, 6.45) is 0. The number of nitrogens with one attached hydrogen (secondary N) is 1. The molecule has 0 bridgehead atoms. The average Bonchev–Trinajstić information content (AvgIpc) is 2.41. The Morgan fingerprint density at radius 2 is 1.90 bits per heavy atom. The first kappa shape index (κ1) is 14.7. The third-order valence-electron chi connectivity index (χ3n) is 3.00. The van der Waals surface area contributed by atoms with Crippen molar-refractivity contribution in [3.63, 3.8) is 0 Å². The lowest BCUT2D eigenvalue weighted by Gasteiger charge is -2.15. The van der Waals surface area contributed by atoms with Crippen molar-refractivity contribution in [1.29, 1.82) is 0 Å². The summed E-state index contributed by atoms with van der Waals surface area (Å²) in [6, 6.07) is 13.5. The number of rotatable bonds is 5. The largest absolute Gasteiger partial charge is 0.506 e. The van der Waals surface area contributed by atoms with Gasteiger partial charge in [0.05, 0.1) is 5.02 Å². The molecule has 0 aliphatic rings. The summed E-state index contributed by atoms with van der Waals surface area (Å²) in [6.45, 7) is 1.56. The van der Waals surface area contributed by atoms with Crippen LogP contribution in [0, 0.1) is 0 Å². The number of aromatic hydroxyl groups is 1. The van der Waals surface area contributed by atoms with Crippen LogP contribution in [0.5, 0.6) is 5.75 Å². The fourth-order valence-electron chi connectivity index (χ4n) is 2.03. The summed E-state index contributed by atoms with van der Waals surface area (Å²) in [5.41, 5.74) is 3.40. The summed E-state index contributed by atoms with van der Waals surface area (Å²) in [5, 5.41) is 13.2. The van der Waals surface area contributed by atoms with E-state index in [4.69, 9.17) is 11.6 Å². The van der Waals surface area contributed by atoms with Gasteiger partial charge in [0.15, 0.2) is 0 Å². The molecule has 106 valence electrons. The minimum Gasteiger partial charge on any atom is -0.506 e. The quantitative estimate of drug-likeness (QED) is 0.881. The van der Waals surface area contributed by atoms with Crippen LogP contribution in [0.4, 0.5) is 5.69 Å². The second-order valence-corrected chi connectivity index (χ2v) is 5.44. The molecule has 3 nitrogen and oxygen atoms in total. The summed E-state index contributed by atoms with van der Waals surface area (Å²) in [4.78, 5) is 2.14. The van der Waals surface area contributed by atoms with Gasteiger partial charge in [-0.05, 0) is 43.4 Å². The monoisotopic (exact) mass is 290 g/mol. The highest BCUT2D eigenvalue weighted by atomic mass is 35.5. The van der Waals surface area contributed by atoms with E-state index in [-0.39, 0.29) is 5.75 Å². The Labute approximate surface area is 124 Å². The Morgan fingerprint density at radius 3 is 2.60 bits per heavy atom. The van der Waals surface area contributed by atoms with Crippen LogP contribution in [0.2, 0.25) is 5.02 Å². The van der Waals surface area contributed by atoms with Crippen molar-refractivity contribution in [2.75, 3.05) is 19.4 Å². The molecule has 0 radical (unpaired) electrons. The molecule has 20 heavy (non-hydrogen) atoms. The molecular weight excluding hydrogens is 272 g/mol. The minimum atomic E-state index is 0.114. The van der Waals surface area contributed by atoms with E-state index in [0.29, 0.717) is 11.6 Å². The molecular formula is C16H19ClN2O. The maximum absolute atomic E-state index is 9.41. The topological polar surface area (TPSA) is 35.5 Å². The number of nitrogens with zero attached hydrogens (tertiary/aromatic N) is 1. The lowest BCUT2D eigenvalue weighted by Crippen LogP contribution is -2.12. The zero-order valence-electron chi connectivity index (χ0n) is 11.7.